The van der Waals surface area contributed by atoms with Gasteiger partial charge in [-0.25, -0.2) is 0 Å². The summed E-state index contributed by atoms with van der Waals surface area (Å²) >= 11 is 0. The van der Waals surface area contributed by atoms with E-state index >= 15 is 0 Å². The summed E-state index contributed by atoms with van der Waals surface area (Å²) in [5.74, 6) is -0.0195. The van der Waals surface area contributed by atoms with Crippen molar-refractivity contribution in [1.29, 1.82) is 0 Å². The van der Waals surface area contributed by atoms with Gasteiger partial charge in [0.25, 0.3) is 0 Å². The number of halogens is 3. The molecule has 0 fully saturated rings. The number of methoxy groups -OCH3 is 2. The minimum Gasteiger partial charge on any atom is -0.497 e. The van der Waals surface area contributed by atoms with Gasteiger partial charge in [0.15, 0.2) is 0 Å². The summed E-state index contributed by atoms with van der Waals surface area (Å²) in [6.07, 6.45) is 0.486. The fraction of sp³-hybridized carbons (Fsp3) is 0.538. The lowest BCUT2D eigenvalue weighted by molar-refractivity contribution is 0.00552. The van der Waals surface area contributed by atoms with Crippen molar-refractivity contribution in [2.75, 3.05) is 20.8 Å². The molecular weight excluding hydrogens is 272 g/mol. The normalized spacial score (nSPS) is 12.3. The van der Waals surface area contributed by atoms with Crippen LogP contribution in [0, 0.1) is 0 Å². The third-order valence-electron chi connectivity index (χ3n) is 3.08. The maximum Gasteiger partial charge on any atom is 0.513 e. The predicted octanol–water partition coefficient (Wildman–Crippen LogP) is 2.94. The summed E-state index contributed by atoms with van der Waals surface area (Å²) < 4.78 is 54.3. The van der Waals surface area contributed by atoms with E-state index in [1.807, 2.05) is 13.8 Å². The van der Waals surface area contributed by atoms with Gasteiger partial charge in [-0.15, -0.1) is 0 Å². The van der Waals surface area contributed by atoms with Crippen molar-refractivity contribution in [3.63, 3.8) is 0 Å². The summed E-state index contributed by atoms with van der Waals surface area (Å²) in [5, 5.41) is 0. The molecule has 114 valence electrons. The molecule has 0 atom stereocenters. The van der Waals surface area contributed by atoms with Gasteiger partial charge in [-0.2, -0.15) is 0 Å². The smallest absolute Gasteiger partial charge is 0.497 e. The molecule has 0 amide bonds. The summed E-state index contributed by atoms with van der Waals surface area (Å²) in [4.78, 5) is 0. The number of hydrogen-bond donors (Lipinski definition) is 0. The first-order chi connectivity index (χ1) is 9.19. The molecule has 0 bridgehead atoms. The molecule has 0 N–H and O–H groups in total. The Morgan fingerprint density at radius 2 is 1.80 bits per heavy atom. The zero-order valence-electron chi connectivity index (χ0n) is 12.1. The third kappa shape index (κ3) is 4.63. The van der Waals surface area contributed by atoms with Crippen molar-refractivity contribution < 1.29 is 27.2 Å². The highest BCUT2D eigenvalue weighted by Gasteiger charge is 2.30. The molecule has 0 saturated carbocycles. The monoisotopic (exact) mass is 291 g/mol. The van der Waals surface area contributed by atoms with Crippen LogP contribution in [0.1, 0.15) is 20.3 Å². The number of benzene rings is 1. The number of hydrogen-bond acceptors (Lipinski definition) is 3. The average Bonchev–Trinajstić information content (AvgIpc) is 2.37. The quantitative estimate of drug-likeness (QED) is 0.723. The highest BCUT2D eigenvalue weighted by Crippen LogP contribution is 2.23. The topological polar surface area (TPSA) is 27.7 Å². The van der Waals surface area contributed by atoms with Crippen molar-refractivity contribution >= 4 is 12.4 Å². The molecule has 0 saturated heterocycles. The maximum absolute atomic E-state index is 13.0. The Balaban J connectivity index is 2.84. The highest BCUT2D eigenvalue weighted by molar-refractivity contribution is 6.74. The first-order valence-electron chi connectivity index (χ1n) is 6.25. The van der Waals surface area contributed by atoms with E-state index in [4.69, 9.17) is 14.2 Å². The minimum atomic E-state index is -5.15. The van der Waals surface area contributed by atoms with Crippen LogP contribution in [0.5, 0.6) is 11.5 Å². The molecule has 1 rings (SSSR count). The maximum atomic E-state index is 13.0. The Kier molecular flexibility index (Phi) is 5.33. The minimum absolute atomic E-state index is 0.145. The Hall–Kier alpha value is -1.37. The molecule has 0 spiro atoms. The fourth-order valence-electron chi connectivity index (χ4n) is 1.55. The lowest BCUT2D eigenvalue weighted by Gasteiger charge is -2.24. The van der Waals surface area contributed by atoms with Crippen molar-refractivity contribution in [3.8, 4) is 11.5 Å². The molecule has 0 aliphatic carbocycles. The second-order valence-corrected chi connectivity index (χ2v) is 5.04. The van der Waals surface area contributed by atoms with Crippen molar-refractivity contribution in [2.24, 2.45) is 0 Å². The van der Waals surface area contributed by atoms with Gasteiger partial charge in [0, 0.05) is 13.5 Å². The molecule has 0 aliphatic rings. The molecule has 7 heteroatoms. The molecular formula is C13H19BF3O3-. The van der Waals surface area contributed by atoms with E-state index in [9.17, 15) is 12.9 Å². The van der Waals surface area contributed by atoms with Gasteiger partial charge in [0.2, 0.25) is 0 Å². The van der Waals surface area contributed by atoms with Gasteiger partial charge >= 0.3 is 6.98 Å². The summed E-state index contributed by atoms with van der Waals surface area (Å²) in [7, 11) is 2.88. The molecule has 0 heterocycles. The predicted molar refractivity (Wildman–Crippen MR) is 72.9 cm³/mol. The lowest BCUT2D eigenvalue weighted by Crippen LogP contribution is -2.36. The standard InChI is InChI=1S/C13H19BF3O3/c1-13(2,19-4)7-8-20-12-6-5-10(18-3)9-11(12)14(15,16)17/h5-6,9H,7-8H2,1-4H3/q-1. The van der Waals surface area contributed by atoms with E-state index in [1.165, 1.54) is 19.2 Å². The highest BCUT2D eigenvalue weighted by atomic mass is 19.4. The third-order valence-corrected chi connectivity index (χ3v) is 3.08. The van der Waals surface area contributed by atoms with E-state index in [-0.39, 0.29) is 18.1 Å². The van der Waals surface area contributed by atoms with Crippen molar-refractivity contribution in [3.05, 3.63) is 18.2 Å². The molecule has 0 radical (unpaired) electrons. The van der Waals surface area contributed by atoms with Gasteiger partial charge in [-0.05, 0) is 32.0 Å². The van der Waals surface area contributed by atoms with Gasteiger partial charge in [0.1, 0.15) is 5.75 Å². The summed E-state index contributed by atoms with van der Waals surface area (Å²) in [6.45, 7) is -1.31. The number of ether oxygens (including phenoxy) is 3. The van der Waals surface area contributed by atoms with E-state index in [1.54, 1.807) is 7.11 Å². The molecule has 0 unspecified atom stereocenters. The van der Waals surface area contributed by atoms with Crippen LogP contribution in [-0.2, 0) is 4.74 Å². The van der Waals surface area contributed by atoms with Crippen LogP contribution < -0.4 is 14.9 Å². The largest absolute Gasteiger partial charge is 0.513 e. The van der Waals surface area contributed by atoms with Crippen LogP contribution in [0.4, 0.5) is 12.9 Å². The van der Waals surface area contributed by atoms with Crippen LogP contribution in [0.2, 0.25) is 0 Å². The molecule has 1 aromatic rings. The lowest BCUT2D eigenvalue weighted by atomic mass is 9.79. The number of rotatable bonds is 7. The van der Waals surface area contributed by atoms with Crippen LogP contribution in [0.15, 0.2) is 18.2 Å². The van der Waals surface area contributed by atoms with Crippen molar-refractivity contribution in [2.45, 2.75) is 25.9 Å². The first kappa shape index (κ1) is 16.7. The summed E-state index contributed by atoms with van der Waals surface area (Å²) in [5.41, 5.74) is -1.21. The molecule has 1 aromatic carbocycles. The van der Waals surface area contributed by atoms with Gasteiger partial charge in [0.05, 0.1) is 25.1 Å². The van der Waals surface area contributed by atoms with E-state index in [0.29, 0.717) is 6.42 Å². The van der Waals surface area contributed by atoms with Crippen molar-refractivity contribution in [1.82, 2.24) is 0 Å². The zero-order chi connectivity index (χ0) is 15.4. The van der Waals surface area contributed by atoms with Gasteiger partial charge < -0.3 is 27.2 Å². The van der Waals surface area contributed by atoms with Gasteiger partial charge in [-0.3, -0.25) is 0 Å². The second-order valence-electron chi connectivity index (χ2n) is 5.04. The fourth-order valence-corrected chi connectivity index (χ4v) is 1.55. The Bertz CT molecular complexity index is 447. The van der Waals surface area contributed by atoms with Gasteiger partial charge in [-0.1, -0.05) is 5.46 Å². The van der Waals surface area contributed by atoms with Crippen LogP contribution in [0.25, 0.3) is 0 Å². The van der Waals surface area contributed by atoms with E-state index in [2.05, 4.69) is 0 Å². The molecule has 0 aromatic heterocycles. The van der Waals surface area contributed by atoms with Crippen LogP contribution >= 0.6 is 0 Å². The second kappa shape index (κ2) is 6.39. The molecule has 0 aliphatic heterocycles. The Morgan fingerprint density at radius 3 is 2.30 bits per heavy atom. The van der Waals surface area contributed by atoms with Crippen LogP contribution in [-0.4, -0.2) is 33.4 Å². The summed E-state index contributed by atoms with van der Waals surface area (Å²) in [6, 6.07) is 3.68. The van der Waals surface area contributed by atoms with Crippen LogP contribution in [0.3, 0.4) is 0 Å². The van der Waals surface area contributed by atoms with E-state index in [0.717, 1.165) is 6.07 Å². The SMILES string of the molecule is COc1ccc(OCCC(C)(C)OC)c([B-](F)(F)F)c1. The Labute approximate surface area is 117 Å². The van der Waals surface area contributed by atoms with E-state index < -0.39 is 18.0 Å². The Morgan fingerprint density at radius 1 is 1.15 bits per heavy atom. The average molecular weight is 291 g/mol. The first-order valence-corrected chi connectivity index (χ1v) is 6.25. The molecule has 3 nitrogen and oxygen atoms in total. The molecule has 20 heavy (non-hydrogen) atoms. The zero-order valence-corrected chi connectivity index (χ0v) is 12.1.